The summed E-state index contributed by atoms with van der Waals surface area (Å²) in [6.07, 6.45) is -1.25. The van der Waals surface area contributed by atoms with Crippen molar-refractivity contribution in [3.63, 3.8) is 0 Å². The molecule has 1 aromatic rings. The summed E-state index contributed by atoms with van der Waals surface area (Å²) in [5.74, 6) is -0.632. The maximum atomic E-state index is 11.1. The third kappa shape index (κ3) is 2.75. The van der Waals surface area contributed by atoms with Crippen LogP contribution in [0, 0.1) is 0 Å². The van der Waals surface area contributed by atoms with E-state index in [1.54, 1.807) is 0 Å². The summed E-state index contributed by atoms with van der Waals surface area (Å²) in [6, 6.07) is 2.74. The molecule has 6 nitrogen and oxygen atoms in total. The summed E-state index contributed by atoms with van der Waals surface area (Å²) in [7, 11) is 1.22. The standard InChI is InChI=1S/C10H13NO5/c1-16-10(15)7-4-6(2-3-11-7)9(14)8(13)5-12/h2-4,8-9,12-14H,5H2,1H3. The van der Waals surface area contributed by atoms with Crippen LogP contribution in [0.4, 0.5) is 0 Å². The van der Waals surface area contributed by atoms with Crippen molar-refractivity contribution in [2.24, 2.45) is 0 Å². The normalized spacial score (nSPS) is 14.2. The van der Waals surface area contributed by atoms with E-state index < -0.39 is 24.8 Å². The van der Waals surface area contributed by atoms with Crippen molar-refractivity contribution in [1.82, 2.24) is 4.98 Å². The van der Waals surface area contributed by atoms with Crippen LogP contribution in [0.15, 0.2) is 18.3 Å². The van der Waals surface area contributed by atoms with E-state index in [0.717, 1.165) is 0 Å². The maximum absolute atomic E-state index is 11.1. The van der Waals surface area contributed by atoms with Crippen molar-refractivity contribution in [2.45, 2.75) is 12.2 Å². The lowest BCUT2D eigenvalue weighted by atomic mass is 10.1. The molecule has 0 aromatic carbocycles. The van der Waals surface area contributed by atoms with Gasteiger partial charge in [0.25, 0.3) is 0 Å². The molecule has 0 fully saturated rings. The van der Waals surface area contributed by atoms with Gasteiger partial charge < -0.3 is 20.1 Å². The number of ether oxygens (including phenoxy) is 1. The number of carbonyl (C=O) groups excluding carboxylic acids is 1. The average Bonchev–Trinajstić information content (AvgIpc) is 2.36. The number of nitrogens with zero attached hydrogens (tertiary/aromatic N) is 1. The van der Waals surface area contributed by atoms with E-state index in [4.69, 9.17) is 5.11 Å². The lowest BCUT2D eigenvalue weighted by Crippen LogP contribution is -2.22. The quantitative estimate of drug-likeness (QED) is 0.585. The van der Waals surface area contributed by atoms with Crippen molar-refractivity contribution >= 4 is 5.97 Å². The third-order valence-electron chi connectivity index (χ3n) is 2.07. The van der Waals surface area contributed by atoms with Gasteiger partial charge >= 0.3 is 5.97 Å². The van der Waals surface area contributed by atoms with E-state index in [9.17, 15) is 15.0 Å². The van der Waals surface area contributed by atoms with Gasteiger partial charge in [-0.05, 0) is 17.7 Å². The van der Waals surface area contributed by atoms with E-state index >= 15 is 0 Å². The molecule has 3 N–H and O–H groups in total. The van der Waals surface area contributed by atoms with Crippen LogP contribution < -0.4 is 0 Å². The van der Waals surface area contributed by atoms with E-state index in [1.807, 2.05) is 0 Å². The number of aromatic nitrogens is 1. The minimum Gasteiger partial charge on any atom is -0.464 e. The van der Waals surface area contributed by atoms with Gasteiger partial charge in [-0.2, -0.15) is 0 Å². The van der Waals surface area contributed by atoms with Crippen molar-refractivity contribution in [3.05, 3.63) is 29.6 Å². The highest BCUT2D eigenvalue weighted by atomic mass is 16.5. The number of esters is 1. The third-order valence-corrected chi connectivity index (χ3v) is 2.07. The fourth-order valence-corrected chi connectivity index (χ4v) is 1.17. The van der Waals surface area contributed by atoms with Gasteiger partial charge in [0, 0.05) is 6.20 Å². The van der Waals surface area contributed by atoms with Crippen LogP contribution in [-0.2, 0) is 4.74 Å². The second kappa shape index (κ2) is 5.55. The molecule has 1 aromatic heterocycles. The highest BCUT2D eigenvalue weighted by Crippen LogP contribution is 2.17. The fourth-order valence-electron chi connectivity index (χ4n) is 1.17. The second-order valence-electron chi connectivity index (χ2n) is 3.16. The summed E-state index contributed by atoms with van der Waals surface area (Å²) in [5, 5.41) is 27.5. The van der Waals surface area contributed by atoms with Gasteiger partial charge in [-0.15, -0.1) is 0 Å². The van der Waals surface area contributed by atoms with E-state index in [0.29, 0.717) is 0 Å². The number of pyridine rings is 1. The molecule has 88 valence electrons. The van der Waals surface area contributed by atoms with Crippen LogP contribution in [0.25, 0.3) is 0 Å². The minimum atomic E-state index is -1.30. The maximum Gasteiger partial charge on any atom is 0.356 e. The molecule has 0 saturated heterocycles. The summed E-state index contributed by atoms with van der Waals surface area (Å²) in [4.78, 5) is 14.9. The van der Waals surface area contributed by atoms with Gasteiger partial charge in [-0.1, -0.05) is 0 Å². The number of hydrogen-bond acceptors (Lipinski definition) is 6. The molecular weight excluding hydrogens is 214 g/mol. The largest absolute Gasteiger partial charge is 0.464 e. The van der Waals surface area contributed by atoms with Crippen LogP contribution in [-0.4, -0.2) is 46.1 Å². The van der Waals surface area contributed by atoms with Crippen LogP contribution in [0.3, 0.4) is 0 Å². The Bertz CT molecular complexity index is 368. The minimum absolute atomic E-state index is 0.0317. The summed E-state index contributed by atoms with van der Waals surface area (Å²) in [5.41, 5.74) is 0.320. The molecule has 0 aliphatic heterocycles. The van der Waals surface area contributed by atoms with Crippen LogP contribution >= 0.6 is 0 Å². The zero-order valence-corrected chi connectivity index (χ0v) is 8.70. The van der Waals surface area contributed by atoms with E-state index in [1.165, 1.54) is 25.4 Å². The van der Waals surface area contributed by atoms with Crippen molar-refractivity contribution in [3.8, 4) is 0 Å². The smallest absolute Gasteiger partial charge is 0.356 e. The highest BCUT2D eigenvalue weighted by molar-refractivity contribution is 5.87. The first-order chi connectivity index (χ1) is 7.60. The summed E-state index contributed by atoms with van der Waals surface area (Å²) in [6.45, 7) is -0.572. The molecule has 1 heterocycles. The van der Waals surface area contributed by atoms with Gasteiger partial charge in [0.2, 0.25) is 0 Å². The second-order valence-corrected chi connectivity index (χ2v) is 3.16. The Morgan fingerprint density at radius 1 is 1.56 bits per heavy atom. The lowest BCUT2D eigenvalue weighted by molar-refractivity contribution is -0.0153. The molecule has 0 aliphatic rings. The van der Waals surface area contributed by atoms with Gasteiger partial charge in [-0.3, -0.25) is 0 Å². The predicted molar refractivity (Wildman–Crippen MR) is 53.6 cm³/mol. The first kappa shape index (κ1) is 12.6. The molecule has 0 amide bonds. The molecule has 0 spiro atoms. The Morgan fingerprint density at radius 3 is 2.81 bits per heavy atom. The van der Waals surface area contributed by atoms with E-state index in [2.05, 4.69) is 9.72 Å². The molecule has 2 atom stereocenters. The molecule has 0 radical (unpaired) electrons. The van der Waals surface area contributed by atoms with Gasteiger partial charge in [0.15, 0.2) is 0 Å². The Hall–Kier alpha value is -1.50. The van der Waals surface area contributed by atoms with Gasteiger partial charge in [0.05, 0.1) is 13.7 Å². The topological polar surface area (TPSA) is 99.9 Å². The zero-order valence-electron chi connectivity index (χ0n) is 8.70. The molecule has 2 unspecified atom stereocenters. The molecule has 0 bridgehead atoms. The fraction of sp³-hybridized carbons (Fsp3) is 0.400. The SMILES string of the molecule is COC(=O)c1cc(C(O)C(O)CO)ccn1. The number of aliphatic hydroxyl groups excluding tert-OH is 3. The summed E-state index contributed by atoms with van der Waals surface area (Å²) >= 11 is 0. The number of rotatable bonds is 4. The molecule has 1 rings (SSSR count). The molecule has 0 aliphatic carbocycles. The van der Waals surface area contributed by atoms with Crippen LogP contribution in [0.2, 0.25) is 0 Å². The Morgan fingerprint density at radius 2 is 2.25 bits per heavy atom. The number of hydrogen-bond donors (Lipinski definition) is 3. The first-order valence-electron chi connectivity index (χ1n) is 4.61. The van der Waals surface area contributed by atoms with Gasteiger partial charge in [0.1, 0.15) is 17.9 Å². The van der Waals surface area contributed by atoms with Gasteiger partial charge in [-0.25, -0.2) is 9.78 Å². The number of carbonyl (C=O) groups is 1. The van der Waals surface area contributed by atoms with Crippen LogP contribution in [0.5, 0.6) is 0 Å². The zero-order chi connectivity index (χ0) is 12.1. The Balaban J connectivity index is 2.94. The van der Waals surface area contributed by atoms with Crippen molar-refractivity contribution in [1.29, 1.82) is 0 Å². The van der Waals surface area contributed by atoms with E-state index in [-0.39, 0.29) is 11.3 Å². The Kier molecular flexibility index (Phi) is 4.36. The Labute approximate surface area is 92.1 Å². The molecule has 16 heavy (non-hydrogen) atoms. The molecular formula is C10H13NO5. The number of methoxy groups -OCH3 is 1. The average molecular weight is 227 g/mol. The predicted octanol–water partition coefficient (Wildman–Crippen LogP) is -0.745. The number of aliphatic hydroxyl groups is 3. The van der Waals surface area contributed by atoms with Crippen LogP contribution in [0.1, 0.15) is 22.2 Å². The molecule has 6 heteroatoms. The lowest BCUT2D eigenvalue weighted by Gasteiger charge is -2.15. The first-order valence-corrected chi connectivity index (χ1v) is 4.61. The van der Waals surface area contributed by atoms with Crippen molar-refractivity contribution < 1.29 is 24.9 Å². The molecule has 0 saturated carbocycles. The van der Waals surface area contributed by atoms with Crippen molar-refractivity contribution in [2.75, 3.05) is 13.7 Å². The monoisotopic (exact) mass is 227 g/mol. The summed E-state index contributed by atoms with van der Waals surface area (Å²) < 4.78 is 4.46. The highest BCUT2D eigenvalue weighted by Gasteiger charge is 2.19.